The lowest BCUT2D eigenvalue weighted by Gasteiger charge is -2.10. The summed E-state index contributed by atoms with van der Waals surface area (Å²) >= 11 is 0. The largest absolute Gasteiger partial charge is 0.483 e. The van der Waals surface area contributed by atoms with Gasteiger partial charge >= 0.3 is 11.9 Å². The number of ether oxygens (including phenoxy) is 1. The molecule has 2 rings (SSSR count). The summed E-state index contributed by atoms with van der Waals surface area (Å²) in [7, 11) is 0. The second-order valence-corrected chi connectivity index (χ2v) is 5.01. The van der Waals surface area contributed by atoms with Crippen LogP contribution in [0.25, 0.3) is 0 Å². The van der Waals surface area contributed by atoms with Crippen LogP contribution in [0.1, 0.15) is 26.3 Å². The molecule has 0 aliphatic heterocycles. The highest BCUT2D eigenvalue weighted by Gasteiger charge is 2.13. The number of carboxylic acid groups (broad SMARTS) is 2. The van der Waals surface area contributed by atoms with Gasteiger partial charge in [-0.15, -0.1) is 0 Å². The molecule has 3 N–H and O–H groups in total. The number of anilines is 1. The monoisotopic (exact) mass is 329 g/mol. The lowest BCUT2D eigenvalue weighted by atomic mass is 10.1. The van der Waals surface area contributed by atoms with Crippen molar-refractivity contribution in [2.75, 3.05) is 11.9 Å². The van der Waals surface area contributed by atoms with E-state index in [9.17, 15) is 14.4 Å². The molecule has 0 fully saturated rings. The molecule has 0 heterocycles. The van der Waals surface area contributed by atoms with Crippen molar-refractivity contribution in [1.29, 1.82) is 0 Å². The van der Waals surface area contributed by atoms with E-state index in [0.29, 0.717) is 5.75 Å². The van der Waals surface area contributed by atoms with Crippen LogP contribution in [0.3, 0.4) is 0 Å². The Kier molecular flexibility index (Phi) is 5.16. The zero-order valence-corrected chi connectivity index (χ0v) is 12.8. The summed E-state index contributed by atoms with van der Waals surface area (Å²) in [5, 5.41) is 20.4. The average Bonchev–Trinajstić information content (AvgIpc) is 2.53. The van der Waals surface area contributed by atoms with Crippen LogP contribution >= 0.6 is 0 Å². The van der Waals surface area contributed by atoms with Crippen LogP contribution in [0.4, 0.5) is 5.69 Å². The van der Waals surface area contributed by atoms with Crippen molar-refractivity contribution in [1.82, 2.24) is 0 Å². The van der Waals surface area contributed by atoms with Crippen LogP contribution < -0.4 is 10.1 Å². The number of hydrogen-bond acceptors (Lipinski definition) is 4. The van der Waals surface area contributed by atoms with Crippen molar-refractivity contribution >= 4 is 23.5 Å². The molecule has 0 radical (unpaired) electrons. The fourth-order valence-corrected chi connectivity index (χ4v) is 2.01. The summed E-state index contributed by atoms with van der Waals surface area (Å²) in [4.78, 5) is 34.0. The van der Waals surface area contributed by atoms with E-state index in [1.165, 1.54) is 12.1 Å². The predicted molar refractivity (Wildman–Crippen MR) is 85.7 cm³/mol. The Bertz CT molecular complexity index is 767. The molecule has 1 amide bonds. The first-order valence-corrected chi connectivity index (χ1v) is 6.97. The number of carbonyl (C=O) groups excluding carboxylic acids is 1. The highest BCUT2D eigenvalue weighted by molar-refractivity contribution is 5.98. The zero-order valence-electron chi connectivity index (χ0n) is 12.8. The molecule has 7 heteroatoms. The second-order valence-electron chi connectivity index (χ2n) is 5.01. The minimum absolute atomic E-state index is 0.0747. The third-order valence-electron chi connectivity index (χ3n) is 3.16. The smallest absolute Gasteiger partial charge is 0.335 e. The summed E-state index contributed by atoms with van der Waals surface area (Å²) < 4.78 is 5.38. The van der Waals surface area contributed by atoms with E-state index < -0.39 is 17.8 Å². The topological polar surface area (TPSA) is 113 Å². The lowest BCUT2D eigenvalue weighted by Crippen LogP contribution is -2.21. The molecule has 0 bridgehead atoms. The van der Waals surface area contributed by atoms with E-state index in [4.69, 9.17) is 14.9 Å². The van der Waals surface area contributed by atoms with Crippen molar-refractivity contribution in [3.63, 3.8) is 0 Å². The molecule has 0 atom stereocenters. The molecule has 0 unspecified atom stereocenters. The maximum Gasteiger partial charge on any atom is 0.335 e. The van der Waals surface area contributed by atoms with Crippen LogP contribution in [-0.4, -0.2) is 34.7 Å². The van der Waals surface area contributed by atoms with Gasteiger partial charge in [0.25, 0.3) is 5.91 Å². The van der Waals surface area contributed by atoms with Gasteiger partial charge in [-0.3, -0.25) is 4.79 Å². The predicted octanol–water partition coefficient (Wildman–Crippen LogP) is 2.41. The van der Waals surface area contributed by atoms with E-state index >= 15 is 0 Å². The third-order valence-corrected chi connectivity index (χ3v) is 3.16. The number of rotatable bonds is 6. The summed E-state index contributed by atoms with van der Waals surface area (Å²) in [6, 6.07) is 10.5. The summed E-state index contributed by atoms with van der Waals surface area (Å²) in [6.45, 7) is 1.55. The highest BCUT2D eigenvalue weighted by atomic mass is 16.5. The normalized spacial score (nSPS) is 10.0. The maximum absolute atomic E-state index is 11.9. The van der Waals surface area contributed by atoms with Gasteiger partial charge in [0.1, 0.15) is 5.75 Å². The minimum atomic E-state index is -1.29. The number of aryl methyl sites for hydroxylation is 1. The van der Waals surface area contributed by atoms with Gasteiger partial charge < -0.3 is 20.3 Å². The van der Waals surface area contributed by atoms with Crippen LogP contribution in [0.15, 0.2) is 42.5 Å². The molecule has 0 spiro atoms. The van der Waals surface area contributed by atoms with Gasteiger partial charge in [-0.1, -0.05) is 18.2 Å². The molecule has 0 saturated carbocycles. The molecule has 2 aromatic carbocycles. The van der Waals surface area contributed by atoms with Crippen LogP contribution in [0.2, 0.25) is 0 Å². The van der Waals surface area contributed by atoms with Crippen molar-refractivity contribution in [2.45, 2.75) is 6.92 Å². The fourth-order valence-electron chi connectivity index (χ4n) is 2.01. The molecule has 7 nitrogen and oxygen atoms in total. The number of aromatic carboxylic acids is 2. The van der Waals surface area contributed by atoms with Gasteiger partial charge in [-0.05, 0) is 36.8 Å². The highest BCUT2D eigenvalue weighted by Crippen LogP contribution is 2.17. The van der Waals surface area contributed by atoms with E-state index in [1.807, 2.05) is 19.1 Å². The van der Waals surface area contributed by atoms with Crippen LogP contribution in [0, 0.1) is 6.92 Å². The zero-order chi connectivity index (χ0) is 17.7. The Balaban J connectivity index is 2.09. The average molecular weight is 329 g/mol. The first-order chi connectivity index (χ1) is 11.4. The molecule has 0 aliphatic rings. The molecule has 0 aromatic heterocycles. The number of hydrogen-bond donors (Lipinski definition) is 3. The molecule has 24 heavy (non-hydrogen) atoms. The number of amides is 1. The molecular formula is C17H15NO6. The molecule has 2 aromatic rings. The van der Waals surface area contributed by atoms with Gasteiger partial charge in [-0.2, -0.15) is 0 Å². The van der Waals surface area contributed by atoms with Crippen molar-refractivity contribution in [3.8, 4) is 5.75 Å². The molecule has 0 saturated heterocycles. The summed E-state index contributed by atoms with van der Waals surface area (Å²) in [6.07, 6.45) is 0. The van der Waals surface area contributed by atoms with E-state index in [1.54, 1.807) is 12.1 Å². The second kappa shape index (κ2) is 7.28. The Morgan fingerprint density at radius 1 is 1.00 bits per heavy atom. The minimum Gasteiger partial charge on any atom is -0.483 e. The van der Waals surface area contributed by atoms with Gasteiger partial charge in [0.05, 0.1) is 11.1 Å². The van der Waals surface area contributed by atoms with Gasteiger partial charge in [0.15, 0.2) is 6.61 Å². The van der Waals surface area contributed by atoms with E-state index in [2.05, 4.69) is 5.32 Å². The standard InChI is InChI=1S/C17H15NO6/c1-10-4-2-3-5-14(10)24-9-15(19)18-13-7-11(16(20)21)6-12(8-13)17(22)23/h2-8H,9H2,1H3,(H,18,19)(H,20,21)(H,22,23). The fraction of sp³-hybridized carbons (Fsp3) is 0.118. The van der Waals surface area contributed by atoms with Crippen molar-refractivity contribution in [3.05, 3.63) is 59.2 Å². The van der Waals surface area contributed by atoms with E-state index in [0.717, 1.165) is 11.6 Å². The SMILES string of the molecule is Cc1ccccc1OCC(=O)Nc1cc(C(=O)O)cc(C(=O)O)c1. The summed E-state index contributed by atoms with van der Waals surface area (Å²) in [5.41, 5.74) is 0.479. The van der Waals surface area contributed by atoms with Crippen molar-refractivity contribution < 1.29 is 29.3 Å². The molecular weight excluding hydrogens is 314 g/mol. The third kappa shape index (κ3) is 4.33. The number of carbonyl (C=O) groups is 3. The number of nitrogens with one attached hydrogen (secondary N) is 1. The first kappa shape index (κ1) is 17.0. The Hall–Kier alpha value is -3.35. The van der Waals surface area contributed by atoms with Crippen LogP contribution in [-0.2, 0) is 4.79 Å². The number of benzene rings is 2. The molecule has 124 valence electrons. The van der Waals surface area contributed by atoms with E-state index in [-0.39, 0.29) is 23.4 Å². The van der Waals surface area contributed by atoms with Crippen molar-refractivity contribution in [2.24, 2.45) is 0 Å². The van der Waals surface area contributed by atoms with Gasteiger partial charge in [-0.25, -0.2) is 9.59 Å². The summed E-state index contributed by atoms with van der Waals surface area (Å²) in [5.74, 6) is -2.55. The Labute approximate surface area is 137 Å². The van der Waals surface area contributed by atoms with Gasteiger partial charge in [0.2, 0.25) is 0 Å². The lowest BCUT2D eigenvalue weighted by molar-refractivity contribution is -0.118. The first-order valence-electron chi connectivity index (χ1n) is 6.97. The molecule has 0 aliphatic carbocycles. The van der Waals surface area contributed by atoms with Gasteiger partial charge in [0, 0.05) is 5.69 Å². The quantitative estimate of drug-likeness (QED) is 0.750. The van der Waals surface area contributed by atoms with Crippen LogP contribution in [0.5, 0.6) is 5.75 Å². The number of carboxylic acids is 2. The maximum atomic E-state index is 11.9. The Morgan fingerprint density at radius 2 is 1.58 bits per heavy atom. The Morgan fingerprint density at radius 3 is 2.12 bits per heavy atom. The number of para-hydroxylation sites is 1.